The molecule has 1 fully saturated rings. The molecule has 20 heavy (non-hydrogen) atoms. The highest BCUT2D eigenvalue weighted by molar-refractivity contribution is 14.1. The van der Waals surface area contributed by atoms with Gasteiger partial charge in [0, 0.05) is 10.1 Å². The Morgan fingerprint density at radius 1 is 1.40 bits per heavy atom. The molecule has 0 saturated carbocycles. The van der Waals surface area contributed by atoms with Crippen LogP contribution in [0.1, 0.15) is 6.42 Å². The van der Waals surface area contributed by atoms with Crippen LogP contribution in [-0.4, -0.2) is 49.6 Å². The van der Waals surface area contributed by atoms with E-state index < -0.39 is 22.0 Å². The van der Waals surface area contributed by atoms with Crippen molar-refractivity contribution in [1.29, 1.82) is 0 Å². The van der Waals surface area contributed by atoms with E-state index in [2.05, 4.69) is 22.6 Å². The summed E-state index contributed by atoms with van der Waals surface area (Å²) in [6.07, 6.45) is -0.260. The van der Waals surface area contributed by atoms with Gasteiger partial charge < -0.3 is 9.84 Å². The standard InChI is InChI=1S/C12H14INO5S/c13-9-1-3-11(4-2-9)20(17,18)14-5-6-19-8-10(14)7-12(15)16/h1-4,10H,5-8H2,(H,15,16). The fourth-order valence-corrected chi connectivity index (χ4v) is 4.01. The number of aliphatic carboxylic acids is 1. The van der Waals surface area contributed by atoms with E-state index in [1.54, 1.807) is 12.1 Å². The Morgan fingerprint density at radius 2 is 2.05 bits per heavy atom. The van der Waals surface area contributed by atoms with E-state index in [9.17, 15) is 13.2 Å². The van der Waals surface area contributed by atoms with Crippen LogP contribution in [0, 0.1) is 3.57 Å². The quantitative estimate of drug-likeness (QED) is 0.752. The van der Waals surface area contributed by atoms with Gasteiger partial charge >= 0.3 is 5.97 Å². The Kier molecular flexibility index (Phi) is 4.99. The van der Waals surface area contributed by atoms with Crippen molar-refractivity contribution in [3.63, 3.8) is 0 Å². The molecule has 1 aliphatic heterocycles. The molecule has 1 N–H and O–H groups in total. The molecule has 1 heterocycles. The number of halogens is 1. The van der Waals surface area contributed by atoms with E-state index in [0.29, 0.717) is 0 Å². The van der Waals surface area contributed by atoms with Gasteiger partial charge in [-0.15, -0.1) is 0 Å². The van der Waals surface area contributed by atoms with Gasteiger partial charge in [0.05, 0.1) is 30.6 Å². The second-order valence-electron chi connectivity index (χ2n) is 4.40. The minimum atomic E-state index is -3.69. The molecule has 1 aromatic rings. The maximum Gasteiger partial charge on any atom is 0.305 e. The summed E-state index contributed by atoms with van der Waals surface area (Å²) in [6.45, 7) is 0.557. The van der Waals surface area contributed by atoms with E-state index in [-0.39, 0.29) is 31.1 Å². The molecule has 110 valence electrons. The Bertz CT molecular complexity index is 586. The fraction of sp³-hybridized carbons (Fsp3) is 0.417. The minimum Gasteiger partial charge on any atom is -0.481 e. The second-order valence-corrected chi connectivity index (χ2v) is 7.53. The number of morpholine rings is 1. The van der Waals surface area contributed by atoms with Crippen LogP contribution in [0.5, 0.6) is 0 Å². The highest BCUT2D eigenvalue weighted by Gasteiger charge is 2.35. The molecule has 6 nitrogen and oxygen atoms in total. The third-order valence-electron chi connectivity index (χ3n) is 3.00. The lowest BCUT2D eigenvalue weighted by Gasteiger charge is -2.33. The van der Waals surface area contributed by atoms with Gasteiger partial charge in [-0.3, -0.25) is 4.79 Å². The van der Waals surface area contributed by atoms with Crippen LogP contribution in [-0.2, 0) is 19.6 Å². The summed E-state index contributed by atoms with van der Waals surface area (Å²) in [7, 11) is -3.69. The summed E-state index contributed by atoms with van der Waals surface area (Å²) in [5.41, 5.74) is 0. The Morgan fingerprint density at radius 3 is 2.65 bits per heavy atom. The first kappa shape index (κ1) is 15.7. The number of carbonyl (C=O) groups is 1. The summed E-state index contributed by atoms with van der Waals surface area (Å²) in [5.74, 6) is -1.04. The Labute approximate surface area is 130 Å². The number of hydrogen-bond donors (Lipinski definition) is 1. The van der Waals surface area contributed by atoms with Crippen molar-refractivity contribution in [1.82, 2.24) is 4.31 Å². The first-order valence-electron chi connectivity index (χ1n) is 5.98. The topological polar surface area (TPSA) is 83.9 Å². The summed E-state index contributed by atoms with van der Waals surface area (Å²) in [5, 5.41) is 8.88. The van der Waals surface area contributed by atoms with Gasteiger partial charge in [-0.1, -0.05) is 0 Å². The predicted octanol–water partition coefficient (Wildman–Crippen LogP) is 1.16. The molecule has 0 radical (unpaired) electrons. The van der Waals surface area contributed by atoms with E-state index in [1.165, 1.54) is 16.4 Å². The smallest absolute Gasteiger partial charge is 0.305 e. The third kappa shape index (κ3) is 3.48. The van der Waals surface area contributed by atoms with Crippen LogP contribution in [0.15, 0.2) is 29.2 Å². The van der Waals surface area contributed by atoms with Gasteiger partial charge in [0.25, 0.3) is 0 Å². The van der Waals surface area contributed by atoms with E-state index >= 15 is 0 Å². The molecule has 1 aromatic carbocycles. The number of ether oxygens (including phenoxy) is 1. The maximum absolute atomic E-state index is 12.6. The van der Waals surface area contributed by atoms with Gasteiger partial charge in [0.15, 0.2) is 0 Å². The van der Waals surface area contributed by atoms with Gasteiger partial charge in [0.1, 0.15) is 0 Å². The zero-order valence-corrected chi connectivity index (χ0v) is 13.5. The summed E-state index contributed by atoms with van der Waals surface area (Å²) in [6, 6.07) is 5.82. The lowest BCUT2D eigenvalue weighted by molar-refractivity contribution is -0.139. The molecular formula is C12H14INO5S. The van der Waals surface area contributed by atoms with Crippen LogP contribution in [0.2, 0.25) is 0 Å². The highest BCUT2D eigenvalue weighted by atomic mass is 127. The number of hydrogen-bond acceptors (Lipinski definition) is 4. The molecule has 0 aliphatic carbocycles. The zero-order valence-electron chi connectivity index (χ0n) is 10.5. The Hall–Kier alpha value is -0.710. The average molecular weight is 411 g/mol. The average Bonchev–Trinajstić information content (AvgIpc) is 2.39. The van der Waals surface area contributed by atoms with E-state index in [0.717, 1.165) is 3.57 Å². The number of nitrogens with zero attached hydrogens (tertiary/aromatic N) is 1. The summed E-state index contributed by atoms with van der Waals surface area (Å²) in [4.78, 5) is 11.0. The van der Waals surface area contributed by atoms with Crippen molar-refractivity contribution < 1.29 is 23.1 Å². The molecular weight excluding hydrogens is 397 g/mol. The third-order valence-corrected chi connectivity index (χ3v) is 5.69. The molecule has 1 aliphatic rings. The van der Waals surface area contributed by atoms with Crippen LogP contribution in [0.25, 0.3) is 0 Å². The molecule has 0 spiro atoms. The molecule has 1 atom stereocenters. The van der Waals surface area contributed by atoms with Gasteiger partial charge in [0.2, 0.25) is 10.0 Å². The summed E-state index contributed by atoms with van der Waals surface area (Å²) >= 11 is 2.09. The number of benzene rings is 1. The van der Waals surface area contributed by atoms with Gasteiger partial charge in [-0.05, 0) is 46.9 Å². The Balaban J connectivity index is 2.30. The van der Waals surface area contributed by atoms with E-state index in [4.69, 9.17) is 9.84 Å². The molecule has 1 saturated heterocycles. The van der Waals surface area contributed by atoms with Crippen molar-refractivity contribution in [2.45, 2.75) is 17.4 Å². The molecule has 8 heteroatoms. The normalized spacial score (nSPS) is 20.8. The largest absolute Gasteiger partial charge is 0.481 e. The first-order valence-corrected chi connectivity index (χ1v) is 8.50. The second kappa shape index (κ2) is 6.37. The van der Waals surface area contributed by atoms with Gasteiger partial charge in [-0.25, -0.2) is 8.42 Å². The monoisotopic (exact) mass is 411 g/mol. The highest BCUT2D eigenvalue weighted by Crippen LogP contribution is 2.22. The lowest BCUT2D eigenvalue weighted by atomic mass is 10.2. The number of sulfonamides is 1. The molecule has 0 amide bonds. The van der Waals surface area contributed by atoms with Crippen LogP contribution >= 0.6 is 22.6 Å². The number of rotatable bonds is 4. The first-order chi connectivity index (χ1) is 9.41. The van der Waals surface area contributed by atoms with Crippen molar-refractivity contribution >= 4 is 38.6 Å². The maximum atomic E-state index is 12.6. The fourth-order valence-electron chi connectivity index (χ4n) is 2.06. The predicted molar refractivity (Wildman–Crippen MR) is 79.9 cm³/mol. The summed E-state index contributed by atoms with van der Waals surface area (Å²) < 4.78 is 32.5. The number of carboxylic acids is 1. The van der Waals surface area contributed by atoms with E-state index in [1.807, 2.05) is 0 Å². The van der Waals surface area contributed by atoms with Gasteiger partial charge in [-0.2, -0.15) is 4.31 Å². The molecule has 0 bridgehead atoms. The number of carboxylic acid groups (broad SMARTS) is 1. The lowest BCUT2D eigenvalue weighted by Crippen LogP contribution is -2.49. The van der Waals surface area contributed by atoms with Crippen molar-refractivity contribution in [3.05, 3.63) is 27.8 Å². The van der Waals surface area contributed by atoms with Crippen molar-refractivity contribution in [3.8, 4) is 0 Å². The zero-order chi connectivity index (χ0) is 14.8. The van der Waals surface area contributed by atoms with Crippen molar-refractivity contribution in [2.75, 3.05) is 19.8 Å². The SMILES string of the molecule is O=C(O)CC1COCCN1S(=O)(=O)c1ccc(I)cc1. The molecule has 2 rings (SSSR count). The van der Waals surface area contributed by atoms with Crippen molar-refractivity contribution in [2.24, 2.45) is 0 Å². The van der Waals surface area contributed by atoms with Crippen LogP contribution in [0.4, 0.5) is 0 Å². The van der Waals surface area contributed by atoms with Crippen LogP contribution < -0.4 is 0 Å². The minimum absolute atomic E-state index is 0.107. The van der Waals surface area contributed by atoms with Crippen LogP contribution in [0.3, 0.4) is 0 Å². The molecule has 1 unspecified atom stereocenters. The molecule has 0 aromatic heterocycles.